The monoisotopic (exact) mass is 396 g/mol. The fourth-order valence-electron chi connectivity index (χ4n) is 3.42. The number of carbonyl (C=O) groups is 1. The van der Waals surface area contributed by atoms with Crippen LogP contribution in [0.4, 0.5) is 0 Å². The number of likely N-dealkylation sites (tertiary alicyclic amines) is 1. The fraction of sp³-hybridized carbons (Fsp3) is 0.500. The number of carbonyl (C=O) groups excluding carboxylic acids is 1. The molecular weight excluding hydrogens is 364 g/mol. The number of nitrogens with zero attached hydrogens (tertiary/aromatic N) is 4. The molecule has 2 heterocycles. The number of aromatic nitrogens is 2. The number of guanidine groups is 1. The van der Waals surface area contributed by atoms with Crippen LogP contribution in [0.3, 0.4) is 0 Å². The van der Waals surface area contributed by atoms with Gasteiger partial charge in [-0.2, -0.15) is 5.10 Å². The van der Waals surface area contributed by atoms with Crippen molar-refractivity contribution in [3.8, 4) is 0 Å². The smallest absolute Gasteiger partial charge is 0.253 e. The highest BCUT2D eigenvalue weighted by Gasteiger charge is 2.17. The van der Waals surface area contributed by atoms with Crippen LogP contribution < -0.4 is 10.6 Å². The highest BCUT2D eigenvalue weighted by Crippen LogP contribution is 2.14. The Bertz CT molecular complexity index is 763. The summed E-state index contributed by atoms with van der Waals surface area (Å²) in [6, 6.07) is 9.78. The first-order valence-corrected chi connectivity index (χ1v) is 10.6. The van der Waals surface area contributed by atoms with Crippen LogP contribution in [0.2, 0.25) is 0 Å². The Morgan fingerprint density at radius 2 is 1.93 bits per heavy atom. The molecule has 156 valence electrons. The topological polar surface area (TPSA) is 74.6 Å². The summed E-state index contributed by atoms with van der Waals surface area (Å²) >= 11 is 0. The molecule has 2 aromatic rings. The minimum Gasteiger partial charge on any atom is -0.357 e. The number of amides is 1. The van der Waals surface area contributed by atoms with Crippen molar-refractivity contribution in [3.63, 3.8) is 0 Å². The van der Waals surface area contributed by atoms with E-state index in [1.165, 1.54) is 6.42 Å². The Morgan fingerprint density at radius 3 is 2.62 bits per heavy atom. The standard InChI is InChI=1S/C22H32N6O/c1-2-23-22(24-12-6-16-28-17-7-13-26-28)25-18-19-8-10-20(11-9-19)21(29)27-14-4-3-5-15-27/h7-11,13,17H,2-6,12,14-16,18H2,1H3,(H2,23,24,25). The second-order valence-corrected chi connectivity index (χ2v) is 7.29. The van der Waals surface area contributed by atoms with Gasteiger partial charge in [-0.15, -0.1) is 0 Å². The molecule has 1 amide bonds. The summed E-state index contributed by atoms with van der Waals surface area (Å²) in [5.74, 6) is 0.952. The van der Waals surface area contributed by atoms with Gasteiger partial charge in [-0.1, -0.05) is 12.1 Å². The third-order valence-corrected chi connectivity index (χ3v) is 5.02. The quantitative estimate of drug-likeness (QED) is 0.409. The first-order chi connectivity index (χ1) is 14.3. The maximum Gasteiger partial charge on any atom is 0.253 e. The lowest BCUT2D eigenvalue weighted by molar-refractivity contribution is 0.0724. The lowest BCUT2D eigenvalue weighted by Crippen LogP contribution is -2.38. The molecule has 1 saturated heterocycles. The third kappa shape index (κ3) is 6.62. The van der Waals surface area contributed by atoms with E-state index in [0.717, 1.165) is 69.1 Å². The van der Waals surface area contributed by atoms with Crippen molar-refractivity contribution in [2.24, 2.45) is 4.99 Å². The number of hydrogen-bond acceptors (Lipinski definition) is 3. The zero-order valence-corrected chi connectivity index (χ0v) is 17.3. The number of nitrogens with one attached hydrogen (secondary N) is 2. The second-order valence-electron chi connectivity index (χ2n) is 7.29. The summed E-state index contributed by atoms with van der Waals surface area (Å²) in [6.07, 6.45) is 8.19. The van der Waals surface area contributed by atoms with Gasteiger partial charge in [0.25, 0.3) is 5.91 Å². The van der Waals surface area contributed by atoms with Crippen molar-refractivity contribution in [2.45, 2.75) is 45.7 Å². The normalized spacial score (nSPS) is 14.7. The predicted octanol–water partition coefficient (Wildman–Crippen LogP) is 2.65. The van der Waals surface area contributed by atoms with Crippen LogP contribution >= 0.6 is 0 Å². The highest BCUT2D eigenvalue weighted by molar-refractivity contribution is 5.94. The van der Waals surface area contributed by atoms with Gasteiger partial charge in [0, 0.05) is 50.7 Å². The molecule has 1 fully saturated rings. The van der Waals surface area contributed by atoms with Crippen molar-refractivity contribution in [3.05, 3.63) is 53.9 Å². The number of piperidine rings is 1. The minimum atomic E-state index is 0.145. The molecule has 29 heavy (non-hydrogen) atoms. The first kappa shape index (κ1) is 20.9. The van der Waals surface area contributed by atoms with Gasteiger partial charge < -0.3 is 15.5 Å². The first-order valence-electron chi connectivity index (χ1n) is 10.6. The lowest BCUT2D eigenvalue weighted by atomic mass is 10.1. The molecule has 0 saturated carbocycles. The van der Waals surface area contributed by atoms with E-state index in [4.69, 9.17) is 0 Å². The summed E-state index contributed by atoms with van der Waals surface area (Å²) in [7, 11) is 0. The molecule has 1 aliphatic rings. The van der Waals surface area contributed by atoms with Gasteiger partial charge in [-0.05, 0) is 56.4 Å². The Morgan fingerprint density at radius 1 is 1.14 bits per heavy atom. The number of aryl methyl sites for hydroxylation is 1. The van der Waals surface area contributed by atoms with E-state index in [9.17, 15) is 4.79 Å². The van der Waals surface area contributed by atoms with Gasteiger partial charge in [-0.3, -0.25) is 9.48 Å². The van der Waals surface area contributed by atoms with Crippen LogP contribution in [0.25, 0.3) is 0 Å². The molecule has 0 unspecified atom stereocenters. The Kier molecular flexibility index (Phi) is 8.10. The van der Waals surface area contributed by atoms with Gasteiger partial charge in [0.05, 0.1) is 6.54 Å². The van der Waals surface area contributed by atoms with Crippen LogP contribution in [-0.2, 0) is 13.1 Å². The predicted molar refractivity (Wildman–Crippen MR) is 116 cm³/mol. The summed E-state index contributed by atoms with van der Waals surface area (Å²) in [5, 5.41) is 10.8. The van der Waals surface area contributed by atoms with Crippen LogP contribution in [0.15, 0.2) is 47.7 Å². The Hall–Kier alpha value is -2.83. The van der Waals surface area contributed by atoms with Crippen molar-refractivity contribution in [2.75, 3.05) is 26.2 Å². The Labute approximate surface area is 173 Å². The SMILES string of the molecule is CCNC(=NCc1ccc(C(=O)N2CCCCC2)cc1)NCCCn1cccn1. The molecule has 7 nitrogen and oxygen atoms in total. The molecule has 0 bridgehead atoms. The van der Waals surface area contributed by atoms with Gasteiger partial charge in [-0.25, -0.2) is 4.99 Å². The molecule has 3 rings (SSSR count). The number of rotatable bonds is 8. The van der Waals surface area contributed by atoms with Crippen molar-refractivity contribution in [1.82, 2.24) is 25.3 Å². The molecule has 0 atom stereocenters. The number of benzene rings is 1. The van der Waals surface area contributed by atoms with E-state index in [0.29, 0.717) is 6.54 Å². The molecular formula is C22H32N6O. The molecule has 1 aromatic carbocycles. The van der Waals surface area contributed by atoms with Crippen LogP contribution in [0.5, 0.6) is 0 Å². The van der Waals surface area contributed by atoms with E-state index >= 15 is 0 Å². The van der Waals surface area contributed by atoms with Crippen LogP contribution in [0, 0.1) is 0 Å². The summed E-state index contributed by atoms with van der Waals surface area (Å²) in [5.41, 5.74) is 1.86. The van der Waals surface area contributed by atoms with Crippen LogP contribution in [-0.4, -0.2) is 52.7 Å². The Balaban J connectivity index is 1.48. The molecule has 2 N–H and O–H groups in total. The van der Waals surface area contributed by atoms with Gasteiger partial charge in [0.1, 0.15) is 0 Å². The lowest BCUT2D eigenvalue weighted by Gasteiger charge is -2.26. The number of aliphatic imine (C=N–C) groups is 1. The number of hydrogen-bond donors (Lipinski definition) is 2. The van der Waals surface area contributed by atoms with E-state index in [1.807, 2.05) is 46.1 Å². The molecule has 0 spiro atoms. The maximum atomic E-state index is 12.6. The average Bonchev–Trinajstić information content (AvgIpc) is 3.29. The van der Waals surface area contributed by atoms with Crippen molar-refractivity contribution >= 4 is 11.9 Å². The highest BCUT2D eigenvalue weighted by atomic mass is 16.2. The van der Waals surface area contributed by atoms with Gasteiger partial charge >= 0.3 is 0 Å². The van der Waals surface area contributed by atoms with Crippen molar-refractivity contribution in [1.29, 1.82) is 0 Å². The molecule has 0 radical (unpaired) electrons. The molecule has 7 heteroatoms. The van der Waals surface area contributed by atoms with Gasteiger partial charge in [0.2, 0.25) is 0 Å². The van der Waals surface area contributed by atoms with E-state index in [2.05, 4.69) is 27.6 Å². The third-order valence-electron chi connectivity index (χ3n) is 5.02. The van der Waals surface area contributed by atoms with Crippen molar-refractivity contribution < 1.29 is 4.79 Å². The second kappa shape index (κ2) is 11.2. The van der Waals surface area contributed by atoms with E-state index in [-0.39, 0.29) is 5.91 Å². The van der Waals surface area contributed by atoms with E-state index in [1.54, 1.807) is 6.20 Å². The molecule has 1 aromatic heterocycles. The van der Waals surface area contributed by atoms with Gasteiger partial charge in [0.15, 0.2) is 5.96 Å². The maximum absolute atomic E-state index is 12.6. The summed E-state index contributed by atoms with van der Waals surface area (Å²) < 4.78 is 1.93. The summed E-state index contributed by atoms with van der Waals surface area (Å²) in [6.45, 7) is 6.91. The van der Waals surface area contributed by atoms with Crippen LogP contribution in [0.1, 0.15) is 48.5 Å². The summed E-state index contributed by atoms with van der Waals surface area (Å²) in [4.78, 5) is 19.2. The molecule has 0 aliphatic carbocycles. The van der Waals surface area contributed by atoms with E-state index < -0.39 is 0 Å². The zero-order chi connectivity index (χ0) is 20.3. The largest absolute Gasteiger partial charge is 0.357 e. The minimum absolute atomic E-state index is 0.145. The zero-order valence-electron chi connectivity index (χ0n) is 17.3. The fourth-order valence-corrected chi connectivity index (χ4v) is 3.42. The average molecular weight is 397 g/mol. The molecule has 1 aliphatic heterocycles.